The van der Waals surface area contributed by atoms with E-state index in [1.165, 1.54) is 19.4 Å². The van der Waals surface area contributed by atoms with E-state index in [1.807, 2.05) is 0 Å². The molecule has 1 aromatic heterocycles. The fraction of sp³-hybridized carbons (Fsp3) is 0.0667. The topological polar surface area (TPSA) is 51.2 Å². The Labute approximate surface area is 142 Å². The van der Waals surface area contributed by atoms with Crippen LogP contribution in [0.3, 0.4) is 0 Å². The maximum Gasteiger partial charge on any atom is 0.249 e. The molecule has 0 saturated carbocycles. The zero-order valence-electron chi connectivity index (χ0n) is 11.4. The second-order valence-corrected chi connectivity index (χ2v) is 5.47. The van der Waals surface area contributed by atoms with Crippen LogP contribution in [0.15, 0.2) is 36.5 Å². The SMILES string of the molecule is COc1c(Cl)cc(Cl)cc1C=CC(=O)Nc1ccc(Cl)cn1. The number of methoxy groups -OCH3 is 1. The molecular formula is C15H11Cl3N2O2. The van der Waals surface area contributed by atoms with Crippen LogP contribution < -0.4 is 10.1 Å². The lowest BCUT2D eigenvalue weighted by molar-refractivity contribution is -0.111. The van der Waals surface area contributed by atoms with Crippen molar-refractivity contribution in [1.82, 2.24) is 4.98 Å². The van der Waals surface area contributed by atoms with Crippen LogP contribution in [0.25, 0.3) is 6.08 Å². The van der Waals surface area contributed by atoms with Crippen molar-refractivity contribution in [2.24, 2.45) is 0 Å². The van der Waals surface area contributed by atoms with Gasteiger partial charge in [0.05, 0.1) is 17.2 Å². The van der Waals surface area contributed by atoms with Crippen molar-refractivity contribution in [3.63, 3.8) is 0 Å². The first-order valence-electron chi connectivity index (χ1n) is 6.13. The highest BCUT2D eigenvalue weighted by Crippen LogP contribution is 2.32. The highest BCUT2D eigenvalue weighted by molar-refractivity contribution is 6.36. The number of halogens is 3. The lowest BCUT2D eigenvalue weighted by Crippen LogP contribution is -2.08. The number of carbonyl (C=O) groups excluding carboxylic acids is 1. The molecule has 4 nitrogen and oxygen atoms in total. The summed E-state index contributed by atoms with van der Waals surface area (Å²) in [6, 6.07) is 6.45. The number of ether oxygens (including phenoxy) is 1. The zero-order chi connectivity index (χ0) is 16.1. The number of benzene rings is 1. The lowest BCUT2D eigenvalue weighted by Gasteiger charge is -2.07. The van der Waals surface area contributed by atoms with Crippen molar-refractivity contribution in [3.8, 4) is 5.75 Å². The van der Waals surface area contributed by atoms with E-state index in [4.69, 9.17) is 39.5 Å². The normalized spacial score (nSPS) is 10.7. The van der Waals surface area contributed by atoms with E-state index in [-0.39, 0.29) is 5.91 Å². The molecule has 1 heterocycles. The van der Waals surface area contributed by atoms with E-state index in [0.29, 0.717) is 32.2 Å². The minimum absolute atomic E-state index is 0.354. The van der Waals surface area contributed by atoms with Gasteiger partial charge in [0.25, 0.3) is 0 Å². The third-order valence-corrected chi connectivity index (χ3v) is 3.36. The summed E-state index contributed by atoms with van der Waals surface area (Å²) in [5, 5.41) is 3.92. The van der Waals surface area contributed by atoms with Gasteiger partial charge in [0.15, 0.2) is 0 Å². The molecule has 114 valence electrons. The largest absolute Gasteiger partial charge is 0.495 e. The number of nitrogens with zero attached hydrogens (tertiary/aromatic N) is 1. The molecule has 1 N–H and O–H groups in total. The van der Waals surface area contributed by atoms with E-state index in [2.05, 4.69) is 10.3 Å². The molecule has 2 aromatic rings. The van der Waals surface area contributed by atoms with Crippen LogP contribution in [-0.2, 0) is 4.79 Å². The first-order valence-corrected chi connectivity index (χ1v) is 7.26. The van der Waals surface area contributed by atoms with Gasteiger partial charge in [-0.15, -0.1) is 0 Å². The summed E-state index contributed by atoms with van der Waals surface area (Å²) in [6.45, 7) is 0. The van der Waals surface area contributed by atoms with Gasteiger partial charge in [0, 0.05) is 22.9 Å². The van der Waals surface area contributed by atoms with Crippen LogP contribution in [0.2, 0.25) is 15.1 Å². The van der Waals surface area contributed by atoms with Gasteiger partial charge in [0.2, 0.25) is 5.91 Å². The molecular weight excluding hydrogens is 347 g/mol. The predicted molar refractivity (Wildman–Crippen MR) is 89.9 cm³/mol. The zero-order valence-corrected chi connectivity index (χ0v) is 13.7. The van der Waals surface area contributed by atoms with Crippen molar-refractivity contribution in [2.45, 2.75) is 0 Å². The number of hydrogen-bond acceptors (Lipinski definition) is 3. The Hall–Kier alpha value is -1.75. The van der Waals surface area contributed by atoms with Crippen LogP contribution in [0.1, 0.15) is 5.56 Å². The molecule has 1 aromatic carbocycles. The van der Waals surface area contributed by atoms with Gasteiger partial charge < -0.3 is 10.1 Å². The van der Waals surface area contributed by atoms with Gasteiger partial charge in [0.1, 0.15) is 11.6 Å². The summed E-state index contributed by atoms with van der Waals surface area (Å²) in [6.07, 6.45) is 4.34. The maximum atomic E-state index is 11.9. The molecule has 0 atom stereocenters. The maximum absolute atomic E-state index is 11.9. The van der Waals surface area contributed by atoms with Crippen molar-refractivity contribution >= 4 is 52.6 Å². The third kappa shape index (κ3) is 4.37. The number of hydrogen-bond donors (Lipinski definition) is 1. The van der Waals surface area contributed by atoms with Crippen LogP contribution in [0.4, 0.5) is 5.82 Å². The molecule has 0 aliphatic heterocycles. The van der Waals surface area contributed by atoms with Gasteiger partial charge in [-0.2, -0.15) is 0 Å². The molecule has 0 radical (unpaired) electrons. The standard InChI is InChI=1S/C15H11Cl3N2O2/c1-22-15-9(6-11(17)7-12(15)18)2-5-14(21)20-13-4-3-10(16)8-19-13/h2-8H,1H3,(H,19,20,21). The van der Waals surface area contributed by atoms with Crippen molar-refractivity contribution < 1.29 is 9.53 Å². The fourth-order valence-electron chi connectivity index (χ4n) is 1.70. The number of aromatic nitrogens is 1. The van der Waals surface area contributed by atoms with Gasteiger partial charge in [-0.05, 0) is 30.3 Å². The molecule has 22 heavy (non-hydrogen) atoms. The molecule has 0 saturated heterocycles. The van der Waals surface area contributed by atoms with Crippen molar-refractivity contribution in [3.05, 3.63) is 57.2 Å². The minimum Gasteiger partial charge on any atom is -0.495 e. The highest BCUT2D eigenvalue weighted by atomic mass is 35.5. The summed E-state index contributed by atoms with van der Waals surface area (Å²) < 4.78 is 5.19. The molecule has 0 spiro atoms. The van der Waals surface area contributed by atoms with Crippen molar-refractivity contribution in [1.29, 1.82) is 0 Å². The Morgan fingerprint density at radius 2 is 2.00 bits per heavy atom. The molecule has 2 rings (SSSR count). The summed E-state index contributed by atoms with van der Waals surface area (Å²) in [5.41, 5.74) is 0.596. The molecule has 1 amide bonds. The van der Waals surface area contributed by atoms with E-state index in [1.54, 1.807) is 30.3 Å². The Morgan fingerprint density at radius 1 is 1.23 bits per heavy atom. The first-order chi connectivity index (χ1) is 10.5. The second kappa shape index (κ2) is 7.49. The number of pyridine rings is 1. The Balaban J connectivity index is 2.14. The molecule has 0 aliphatic carbocycles. The van der Waals surface area contributed by atoms with E-state index in [9.17, 15) is 4.79 Å². The molecule has 0 unspecified atom stereocenters. The molecule has 7 heteroatoms. The van der Waals surface area contributed by atoms with E-state index >= 15 is 0 Å². The van der Waals surface area contributed by atoms with Crippen molar-refractivity contribution in [2.75, 3.05) is 12.4 Å². The number of carbonyl (C=O) groups is 1. The van der Waals surface area contributed by atoms with E-state index in [0.717, 1.165) is 0 Å². The van der Waals surface area contributed by atoms with Gasteiger partial charge >= 0.3 is 0 Å². The lowest BCUT2D eigenvalue weighted by atomic mass is 10.2. The van der Waals surface area contributed by atoms with Gasteiger partial charge in [-0.25, -0.2) is 4.98 Å². The third-order valence-electron chi connectivity index (χ3n) is 2.63. The molecule has 0 bridgehead atoms. The summed E-state index contributed by atoms with van der Waals surface area (Å²) >= 11 is 17.7. The smallest absolute Gasteiger partial charge is 0.249 e. The van der Waals surface area contributed by atoms with Crippen LogP contribution in [-0.4, -0.2) is 18.0 Å². The Kier molecular flexibility index (Phi) is 5.66. The quantitative estimate of drug-likeness (QED) is 0.807. The number of amides is 1. The van der Waals surface area contributed by atoms with Crippen LogP contribution >= 0.6 is 34.8 Å². The number of rotatable bonds is 4. The number of nitrogens with one attached hydrogen (secondary N) is 1. The summed E-state index contributed by atoms with van der Waals surface area (Å²) in [4.78, 5) is 15.8. The van der Waals surface area contributed by atoms with E-state index < -0.39 is 0 Å². The first kappa shape index (κ1) is 16.6. The average molecular weight is 358 g/mol. The van der Waals surface area contributed by atoms with Gasteiger partial charge in [-0.1, -0.05) is 34.8 Å². The predicted octanol–water partition coefficient (Wildman–Crippen LogP) is 4.70. The summed E-state index contributed by atoms with van der Waals surface area (Å²) in [5.74, 6) is 0.489. The molecule has 0 aliphatic rings. The highest BCUT2D eigenvalue weighted by Gasteiger charge is 2.08. The average Bonchev–Trinajstić information content (AvgIpc) is 2.47. The monoisotopic (exact) mass is 356 g/mol. The van der Waals surface area contributed by atoms with Gasteiger partial charge in [-0.3, -0.25) is 4.79 Å². The second-order valence-electron chi connectivity index (χ2n) is 4.19. The van der Waals surface area contributed by atoms with Crippen LogP contribution in [0, 0.1) is 0 Å². The molecule has 0 fully saturated rings. The number of anilines is 1. The minimum atomic E-state index is -0.354. The Bertz CT molecular complexity index is 715. The summed E-state index contributed by atoms with van der Waals surface area (Å²) in [7, 11) is 1.49. The fourth-order valence-corrected chi connectivity index (χ4v) is 2.40. The van der Waals surface area contributed by atoms with Crippen LogP contribution in [0.5, 0.6) is 5.75 Å². The Morgan fingerprint density at radius 3 is 2.64 bits per heavy atom.